The molecule has 0 saturated carbocycles. The molecule has 11 heteroatoms. The van der Waals surface area contributed by atoms with Gasteiger partial charge in [0.05, 0.1) is 37.1 Å². The van der Waals surface area contributed by atoms with Gasteiger partial charge in [0.15, 0.2) is 0 Å². The van der Waals surface area contributed by atoms with Gasteiger partial charge in [0.25, 0.3) is 5.91 Å². The normalized spacial score (nSPS) is 19.8. The zero-order valence-electron chi connectivity index (χ0n) is 26.2. The Labute approximate surface area is 281 Å². The minimum Gasteiger partial charge on any atom is -0.497 e. The molecule has 0 aliphatic carbocycles. The number of methoxy groups -OCH3 is 2. The van der Waals surface area contributed by atoms with Crippen molar-refractivity contribution in [1.29, 1.82) is 0 Å². The van der Waals surface area contributed by atoms with E-state index in [-0.39, 0.29) is 5.82 Å². The second-order valence-corrected chi connectivity index (χ2v) is 12.7. The van der Waals surface area contributed by atoms with Crippen LogP contribution in [0, 0.1) is 0 Å². The molecular formula is C37H35N3O7S. The molecule has 2 heterocycles. The van der Waals surface area contributed by atoms with Gasteiger partial charge < -0.3 is 30.1 Å². The summed E-state index contributed by atoms with van der Waals surface area (Å²) in [6.45, 7) is 0. The first-order chi connectivity index (χ1) is 23.3. The number of carbonyl (C=O) groups excluding carboxylic acids is 1. The highest BCUT2D eigenvalue weighted by Crippen LogP contribution is 2.51. The zero-order valence-corrected chi connectivity index (χ0v) is 27.0. The van der Waals surface area contributed by atoms with Crippen molar-refractivity contribution < 1.29 is 29.6 Å². The fourth-order valence-corrected chi connectivity index (χ4v) is 7.91. The molecule has 2 unspecified atom stereocenters. The van der Waals surface area contributed by atoms with Crippen molar-refractivity contribution >= 4 is 23.5 Å². The van der Waals surface area contributed by atoms with Crippen LogP contribution in [-0.4, -0.2) is 68.6 Å². The van der Waals surface area contributed by atoms with Crippen molar-refractivity contribution in [1.82, 2.24) is 9.55 Å². The molecule has 5 aromatic rings. The number of benzene rings is 4. The first-order valence-corrected chi connectivity index (χ1v) is 16.2. The monoisotopic (exact) mass is 665 g/mol. The van der Waals surface area contributed by atoms with Gasteiger partial charge in [0.2, 0.25) is 0 Å². The van der Waals surface area contributed by atoms with Crippen LogP contribution in [0.2, 0.25) is 0 Å². The van der Waals surface area contributed by atoms with Crippen LogP contribution in [0.1, 0.15) is 32.4 Å². The second kappa shape index (κ2) is 14.0. The third kappa shape index (κ3) is 6.09. The van der Waals surface area contributed by atoms with E-state index in [1.165, 1.54) is 16.8 Å². The van der Waals surface area contributed by atoms with Gasteiger partial charge in [-0.15, -0.1) is 11.8 Å². The second-order valence-electron chi connectivity index (χ2n) is 11.4. The smallest absolute Gasteiger partial charge is 0.350 e. The Bertz CT molecular complexity index is 1860. The molecule has 48 heavy (non-hydrogen) atoms. The number of thioether (sulfide) groups is 1. The van der Waals surface area contributed by atoms with E-state index in [1.54, 1.807) is 44.6 Å². The van der Waals surface area contributed by atoms with Crippen LogP contribution in [0.5, 0.6) is 11.5 Å². The van der Waals surface area contributed by atoms with Crippen molar-refractivity contribution in [3.05, 3.63) is 154 Å². The van der Waals surface area contributed by atoms with E-state index in [4.69, 9.17) is 9.47 Å². The van der Waals surface area contributed by atoms with Crippen molar-refractivity contribution in [2.24, 2.45) is 0 Å². The lowest BCUT2D eigenvalue weighted by atomic mass is 9.64. The summed E-state index contributed by atoms with van der Waals surface area (Å²) in [5.41, 5.74) is 0.601. The number of carbonyl (C=O) groups is 1. The van der Waals surface area contributed by atoms with E-state index < -0.39 is 45.9 Å². The SMILES string of the molecule is COc1ccc(C(c2ccccc2)(c2ccc(OC)cc2)C(O)[C@H]2SC(n3ccc(NC(=O)c4ccccc4)nc3=O)[C@H](O)[C@@H]2O)cc1. The average Bonchev–Trinajstić information content (AvgIpc) is 3.42. The summed E-state index contributed by atoms with van der Waals surface area (Å²) in [5.74, 6) is 0.877. The van der Waals surface area contributed by atoms with E-state index in [9.17, 15) is 24.9 Å². The fraction of sp³-hybridized carbons (Fsp3) is 0.216. The summed E-state index contributed by atoms with van der Waals surface area (Å²) in [4.78, 5) is 29.9. The number of ether oxygens (including phenoxy) is 2. The predicted molar refractivity (Wildman–Crippen MR) is 184 cm³/mol. The Kier molecular flexibility index (Phi) is 9.65. The zero-order chi connectivity index (χ0) is 33.8. The number of hydrogen-bond acceptors (Lipinski definition) is 9. The van der Waals surface area contributed by atoms with E-state index >= 15 is 0 Å². The van der Waals surface area contributed by atoms with Crippen LogP contribution in [-0.2, 0) is 5.41 Å². The van der Waals surface area contributed by atoms with Gasteiger partial charge in [-0.25, -0.2) is 4.79 Å². The average molecular weight is 666 g/mol. The predicted octanol–water partition coefficient (Wildman–Crippen LogP) is 4.24. The number of aliphatic hydroxyl groups excluding tert-OH is 3. The molecule has 4 aromatic carbocycles. The van der Waals surface area contributed by atoms with Gasteiger partial charge in [-0.05, 0) is 59.2 Å². The van der Waals surface area contributed by atoms with Gasteiger partial charge in [-0.1, -0.05) is 72.8 Å². The minimum atomic E-state index is -1.43. The first-order valence-electron chi connectivity index (χ1n) is 15.3. The summed E-state index contributed by atoms with van der Waals surface area (Å²) in [7, 11) is 3.15. The lowest BCUT2D eigenvalue weighted by Crippen LogP contribution is -2.51. The standard InChI is InChI=1S/C37H35N3O7S/c1-46-27-17-13-25(14-18-27)37(24-11-7-4-8-12-24,26-15-19-28(47-2)20-16-26)33(43)32-30(41)31(42)35(48-32)40-22-21-29(39-36(40)45)38-34(44)23-9-5-3-6-10-23/h3-22,30-33,35,41-43H,1-2H3,(H,38,39,44,45)/t30-,31+,32-,33?,35?/m0/s1. The van der Waals surface area contributed by atoms with Crippen LogP contribution >= 0.6 is 11.8 Å². The molecule has 5 atom stereocenters. The Hall–Kier alpha value is -4.94. The summed E-state index contributed by atoms with van der Waals surface area (Å²) in [6.07, 6.45) is -2.78. The van der Waals surface area contributed by atoms with Crippen molar-refractivity contribution in [2.75, 3.05) is 19.5 Å². The molecule has 1 aliphatic rings. The van der Waals surface area contributed by atoms with Gasteiger partial charge in [-0.3, -0.25) is 9.36 Å². The Balaban J connectivity index is 1.39. The molecule has 1 amide bonds. The summed E-state index contributed by atoms with van der Waals surface area (Å²) >= 11 is 1.08. The number of nitrogens with one attached hydrogen (secondary N) is 1. The molecule has 0 radical (unpaired) electrons. The van der Waals surface area contributed by atoms with Gasteiger partial charge in [-0.2, -0.15) is 4.98 Å². The summed E-state index contributed by atoms with van der Waals surface area (Å²) in [6, 6.07) is 34.2. The molecule has 6 rings (SSSR count). The van der Waals surface area contributed by atoms with Crippen LogP contribution in [0.3, 0.4) is 0 Å². The number of hydrogen-bond donors (Lipinski definition) is 4. The highest BCUT2D eigenvalue weighted by atomic mass is 32.2. The number of aromatic nitrogens is 2. The highest BCUT2D eigenvalue weighted by molar-refractivity contribution is 8.00. The maximum absolute atomic E-state index is 13.3. The summed E-state index contributed by atoms with van der Waals surface area (Å²) in [5, 5.41) is 36.2. The molecule has 0 bridgehead atoms. The number of rotatable bonds is 10. The Morgan fingerprint density at radius 1 is 0.792 bits per heavy atom. The number of nitrogens with zero attached hydrogens (tertiary/aromatic N) is 2. The van der Waals surface area contributed by atoms with Crippen molar-refractivity contribution in [3.8, 4) is 11.5 Å². The quantitative estimate of drug-likeness (QED) is 0.161. The van der Waals surface area contributed by atoms with Gasteiger partial charge in [0.1, 0.15) is 28.8 Å². The lowest BCUT2D eigenvalue weighted by molar-refractivity contribution is -0.0122. The summed E-state index contributed by atoms with van der Waals surface area (Å²) < 4.78 is 12.0. The maximum atomic E-state index is 13.3. The number of amides is 1. The lowest BCUT2D eigenvalue weighted by Gasteiger charge is -2.43. The van der Waals surface area contributed by atoms with Crippen LogP contribution in [0.4, 0.5) is 5.82 Å². The third-order valence-electron chi connectivity index (χ3n) is 8.73. The topological polar surface area (TPSA) is 143 Å². The van der Waals surface area contributed by atoms with Crippen LogP contribution in [0.25, 0.3) is 0 Å². The van der Waals surface area contributed by atoms with Gasteiger partial charge >= 0.3 is 5.69 Å². The largest absolute Gasteiger partial charge is 0.497 e. The van der Waals surface area contributed by atoms with E-state index in [0.29, 0.717) is 17.1 Å². The minimum absolute atomic E-state index is 0.0434. The number of anilines is 1. The number of aliphatic hydroxyl groups is 3. The fourth-order valence-electron chi connectivity index (χ4n) is 6.30. The molecule has 1 fully saturated rings. The Morgan fingerprint density at radius 2 is 1.31 bits per heavy atom. The molecular weight excluding hydrogens is 630 g/mol. The van der Waals surface area contributed by atoms with Crippen molar-refractivity contribution in [2.45, 2.75) is 34.4 Å². The Morgan fingerprint density at radius 3 is 1.83 bits per heavy atom. The molecule has 1 saturated heterocycles. The molecule has 1 aliphatic heterocycles. The van der Waals surface area contributed by atoms with E-state index in [0.717, 1.165) is 28.5 Å². The third-order valence-corrected chi connectivity index (χ3v) is 10.4. The van der Waals surface area contributed by atoms with E-state index in [2.05, 4.69) is 10.3 Å². The maximum Gasteiger partial charge on any atom is 0.350 e. The van der Waals surface area contributed by atoms with Crippen LogP contribution < -0.4 is 20.5 Å². The molecule has 1 aromatic heterocycles. The molecule has 4 N–H and O–H groups in total. The highest BCUT2D eigenvalue weighted by Gasteiger charge is 2.54. The molecule has 246 valence electrons. The molecule has 0 spiro atoms. The van der Waals surface area contributed by atoms with E-state index in [1.807, 2.05) is 78.9 Å². The first kappa shape index (κ1) is 33.0. The van der Waals surface area contributed by atoms with Crippen LogP contribution in [0.15, 0.2) is 126 Å². The van der Waals surface area contributed by atoms with Gasteiger partial charge in [0, 0.05) is 11.8 Å². The molecule has 10 nitrogen and oxygen atoms in total. The van der Waals surface area contributed by atoms with Crippen molar-refractivity contribution in [3.63, 3.8) is 0 Å².